The standard InChI is InChI=1S/C19H20N4O3/c1-26-18(25)12-20-17(24)13-23-16-10-6-5-9-15(16)22-19(23)21-11-14-7-3-2-4-8-14/h2-10H,11-13H2,1H3,(H,20,24)(H,21,22). The maximum absolute atomic E-state index is 12.2. The molecule has 0 aliphatic heterocycles. The van der Waals surface area contributed by atoms with Crippen molar-refractivity contribution in [2.45, 2.75) is 13.1 Å². The molecule has 0 radical (unpaired) electrons. The molecule has 3 rings (SSSR count). The summed E-state index contributed by atoms with van der Waals surface area (Å²) in [5.41, 5.74) is 2.75. The van der Waals surface area contributed by atoms with Crippen LogP contribution in [-0.2, 0) is 27.4 Å². The first-order valence-electron chi connectivity index (χ1n) is 8.24. The van der Waals surface area contributed by atoms with Gasteiger partial charge in [-0.1, -0.05) is 42.5 Å². The molecule has 1 aromatic heterocycles. The molecular weight excluding hydrogens is 332 g/mol. The predicted molar refractivity (Wildman–Crippen MR) is 98.5 cm³/mol. The summed E-state index contributed by atoms with van der Waals surface area (Å²) in [6.45, 7) is 0.483. The number of nitrogens with zero attached hydrogens (tertiary/aromatic N) is 2. The zero-order chi connectivity index (χ0) is 18.4. The van der Waals surface area contributed by atoms with Crippen molar-refractivity contribution in [1.82, 2.24) is 14.9 Å². The van der Waals surface area contributed by atoms with Gasteiger partial charge >= 0.3 is 5.97 Å². The first kappa shape index (κ1) is 17.5. The fourth-order valence-electron chi connectivity index (χ4n) is 2.59. The Labute approximate surface area is 151 Å². The summed E-state index contributed by atoms with van der Waals surface area (Å²) in [4.78, 5) is 28.0. The van der Waals surface area contributed by atoms with Gasteiger partial charge in [0.25, 0.3) is 0 Å². The highest BCUT2D eigenvalue weighted by Gasteiger charge is 2.14. The number of anilines is 1. The molecule has 0 atom stereocenters. The Kier molecular flexibility index (Phi) is 5.48. The van der Waals surface area contributed by atoms with Crippen LogP contribution < -0.4 is 10.6 Å². The number of para-hydroxylation sites is 2. The number of amides is 1. The number of aromatic nitrogens is 2. The van der Waals surface area contributed by atoms with Crippen molar-refractivity contribution in [1.29, 1.82) is 0 Å². The molecule has 0 spiro atoms. The fraction of sp³-hybridized carbons (Fsp3) is 0.211. The highest BCUT2D eigenvalue weighted by atomic mass is 16.5. The van der Waals surface area contributed by atoms with Crippen LogP contribution in [0.25, 0.3) is 11.0 Å². The molecule has 0 fully saturated rings. The molecule has 2 aromatic carbocycles. The van der Waals surface area contributed by atoms with Crippen molar-refractivity contribution >= 4 is 28.9 Å². The second-order valence-corrected chi connectivity index (χ2v) is 5.70. The number of hydrogen-bond acceptors (Lipinski definition) is 5. The number of nitrogens with one attached hydrogen (secondary N) is 2. The number of carbonyl (C=O) groups is 2. The Hall–Kier alpha value is -3.35. The lowest BCUT2D eigenvalue weighted by Crippen LogP contribution is -2.33. The predicted octanol–water partition coefficient (Wildman–Crippen LogP) is 1.94. The van der Waals surface area contributed by atoms with Crippen LogP contribution >= 0.6 is 0 Å². The first-order chi connectivity index (χ1) is 12.7. The molecule has 7 heteroatoms. The quantitative estimate of drug-likeness (QED) is 0.635. The van der Waals surface area contributed by atoms with Crippen LogP contribution in [0.5, 0.6) is 0 Å². The topological polar surface area (TPSA) is 85.2 Å². The van der Waals surface area contributed by atoms with Crippen molar-refractivity contribution in [3.63, 3.8) is 0 Å². The molecule has 3 aromatic rings. The molecule has 0 aliphatic carbocycles. The molecule has 0 saturated carbocycles. The first-order valence-corrected chi connectivity index (χ1v) is 8.24. The normalized spacial score (nSPS) is 10.5. The molecule has 1 amide bonds. The summed E-state index contributed by atoms with van der Waals surface area (Å²) < 4.78 is 6.33. The molecule has 7 nitrogen and oxygen atoms in total. The minimum atomic E-state index is -0.490. The summed E-state index contributed by atoms with van der Waals surface area (Å²) >= 11 is 0. The lowest BCUT2D eigenvalue weighted by Gasteiger charge is -2.11. The van der Waals surface area contributed by atoms with Crippen molar-refractivity contribution in [3.05, 3.63) is 60.2 Å². The highest BCUT2D eigenvalue weighted by molar-refractivity contribution is 5.85. The van der Waals surface area contributed by atoms with Gasteiger partial charge in [-0.05, 0) is 17.7 Å². The van der Waals surface area contributed by atoms with Crippen LogP contribution in [0.2, 0.25) is 0 Å². The third kappa shape index (κ3) is 4.18. The number of fused-ring (bicyclic) bond motifs is 1. The van der Waals surface area contributed by atoms with E-state index in [-0.39, 0.29) is 19.0 Å². The van der Waals surface area contributed by atoms with Crippen LogP contribution in [-0.4, -0.2) is 35.1 Å². The second kappa shape index (κ2) is 8.15. The van der Waals surface area contributed by atoms with E-state index in [4.69, 9.17) is 0 Å². The number of esters is 1. The second-order valence-electron chi connectivity index (χ2n) is 5.70. The molecule has 134 valence electrons. The molecule has 26 heavy (non-hydrogen) atoms. The van der Waals surface area contributed by atoms with Gasteiger partial charge < -0.3 is 19.9 Å². The van der Waals surface area contributed by atoms with E-state index in [0.29, 0.717) is 12.5 Å². The maximum atomic E-state index is 12.2. The highest BCUT2D eigenvalue weighted by Crippen LogP contribution is 2.20. The number of imidazole rings is 1. The fourth-order valence-corrected chi connectivity index (χ4v) is 2.59. The SMILES string of the molecule is COC(=O)CNC(=O)Cn1c(NCc2ccccc2)nc2ccccc21. The summed E-state index contributed by atoms with van der Waals surface area (Å²) in [5, 5.41) is 5.83. The van der Waals surface area contributed by atoms with Gasteiger partial charge in [-0.2, -0.15) is 0 Å². The molecule has 0 unspecified atom stereocenters. The number of carbonyl (C=O) groups excluding carboxylic acids is 2. The average Bonchev–Trinajstić information content (AvgIpc) is 3.02. The lowest BCUT2D eigenvalue weighted by atomic mass is 10.2. The Morgan fingerprint density at radius 1 is 1.08 bits per heavy atom. The number of ether oxygens (including phenoxy) is 1. The lowest BCUT2D eigenvalue weighted by molar-refractivity contribution is -0.141. The van der Waals surface area contributed by atoms with E-state index in [1.54, 1.807) is 4.57 Å². The van der Waals surface area contributed by atoms with Crippen molar-refractivity contribution < 1.29 is 14.3 Å². The van der Waals surface area contributed by atoms with Gasteiger partial charge in [0, 0.05) is 6.54 Å². The summed E-state index contributed by atoms with van der Waals surface area (Å²) in [6, 6.07) is 17.5. The molecule has 2 N–H and O–H groups in total. The van der Waals surface area contributed by atoms with Crippen molar-refractivity contribution in [2.75, 3.05) is 19.0 Å². The van der Waals surface area contributed by atoms with E-state index >= 15 is 0 Å². The van der Waals surface area contributed by atoms with Crippen LogP contribution in [0.3, 0.4) is 0 Å². The van der Waals surface area contributed by atoms with Crippen LogP contribution in [0, 0.1) is 0 Å². The van der Waals surface area contributed by atoms with Crippen LogP contribution in [0.15, 0.2) is 54.6 Å². The minimum absolute atomic E-state index is 0.0502. The van der Waals surface area contributed by atoms with Crippen LogP contribution in [0.4, 0.5) is 5.95 Å². The van der Waals surface area contributed by atoms with E-state index in [2.05, 4.69) is 20.4 Å². The van der Waals surface area contributed by atoms with Crippen molar-refractivity contribution in [2.24, 2.45) is 0 Å². The van der Waals surface area contributed by atoms with Gasteiger partial charge in [0.05, 0.1) is 18.1 Å². The third-order valence-electron chi connectivity index (χ3n) is 3.91. The molecular formula is C19H20N4O3. The third-order valence-corrected chi connectivity index (χ3v) is 3.91. The van der Waals surface area contributed by atoms with Gasteiger partial charge in [0.2, 0.25) is 11.9 Å². The zero-order valence-electron chi connectivity index (χ0n) is 14.4. The molecule has 1 heterocycles. The number of benzene rings is 2. The number of methoxy groups -OCH3 is 1. The van der Waals surface area contributed by atoms with Gasteiger partial charge in [-0.3, -0.25) is 9.59 Å². The monoisotopic (exact) mass is 352 g/mol. The molecule has 0 saturated heterocycles. The van der Waals surface area contributed by atoms with E-state index in [0.717, 1.165) is 16.6 Å². The number of rotatable bonds is 7. The van der Waals surface area contributed by atoms with E-state index < -0.39 is 5.97 Å². The van der Waals surface area contributed by atoms with Gasteiger partial charge in [-0.25, -0.2) is 4.98 Å². The molecule has 0 bridgehead atoms. The Bertz CT molecular complexity index is 906. The van der Waals surface area contributed by atoms with Crippen LogP contribution in [0.1, 0.15) is 5.56 Å². The maximum Gasteiger partial charge on any atom is 0.325 e. The van der Waals surface area contributed by atoms with Gasteiger partial charge in [0.15, 0.2) is 0 Å². The summed E-state index contributed by atoms with van der Waals surface area (Å²) in [5.74, 6) is -0.180. The summed E-state index contributed by atoms with van der Waals surface area (Å²) in [7, 11) is 1.28. The number of hydrogen-bond donors (Lipinski definition) is 2. The Balaban J connectivity index is 1.78. The Morgan fingerprint density at radius 2 is 1.81 bits per heavy atom. The van der Waals surface area contributed by atoms with Gasteiger partial charge in [0.1, 0.15) is 13.1 Å². The zero-order valence-corrected chi connectivity index (χ0v) is 14.4. The minimum Gasteiger partial charge on any atom is -0.468 e. The van der Waals surface area contributed by atoms with Crippen molar-refractivity contribution in [3.8, 4) is 0 Å². The van der Waals surface area contributed by atoms with E-state index in [1.165, 1.54) is 7.11 Å². The smallest absolute Gasteiger partial charge is 0.325 e. The van der Waals surface area contributed by atoms with Gasteiger partial charge in [-0.15, -0.1) is 0 Å². The molecule has 0 aliphatic rings. The van der Waals surface area contributed by atoms with E-state index in [9.17, 15) is 9.59 Å². The van der Waals surface area contributed by atoms with E-state index in [1.807, 2.05) is 54.6 Å². The summed E-state index contributed by atoms with van der Waals surface area (Å²) in [6.07, 6.45) is 0. The largest absolute Gasteiger partial charge is 0.468 e. The Morgan fingerprint density at radius 3 is 2.58 bits per heavy atom. The average molecular weight is 352 g/mol.